The molecule has 3 aliphatic carbocycles. The summed E-state index contributed by atoms with van der Waals surface area (Å²) in [5, 5.41) is 0. The van der Waals surface area contributed by atoms with E-state index in [1.54, 1.807) is 50.1 Å². The number of ether oxygens (including phenoxy) is 1. The van der Waals surface area contributed by atoms with Gasteiger partial charge in [-0.1, -0.05) is 0 Å². The van der Waals surface area contributed by atoms with Crippen molar-refractivity contribution in [2.75, 3.05) is 7.11 Å². The van der Waals surface area contributed by atoms with E-state index in [2.05, 4.69) is 169 Å². The molecular formula is C56H66Cl2OSiZr. The summed E-state index contributed by atoms with van der Waals surface area (Å²) in [6.45, 7) is 33.7. The maximum absolute atomic E-state index is 6.52. The summed E-state index contributed by atoms with van der Waals surface area (Å²) in [4.78, 5) is 0. The summed E-state index contributed by atoms with van der Waals surface area (Å²) in [5.74, 6) is 1.52. The Morgan fingerprint density at radius 3 is 1.51 bits per heavy atom. The van der Waals surface area contributed by atoms with Gasteiger partial charge in [0, 0.05) is 0 Å². The molecule has 5 aromatic rings. The van der Waals surface area contributed by atoms with E-state index in [1.165, 1.54) is 79.6 Å². The van der Waals surface area contributed by atoms with Crippen molar-refractivity contribution >= 4 is 17.6 Å². The van der Waals surface area contributed by atoms with E-state index in [-0.39, 0.29) is 30.2 Å². The molecular weight excluding hydrogens is 879 g/mol. The number of rotatable bonds is 7. The van der Waals surface area contributed by atoms with Gasteiger partial charge in [0.1, 0.15) is 0 Å². The second-order valence-corrected chi connectivity index (χ2v) is 38.0. The SMILES string of the molecule is COc1c(C(C)(C)C)cc2c(c1-c1cc(C)cc(C)c1)C=C(C)[CH]2[Zr+2]([CH]1C(C(C)C)=Cc2c(-c3cc(C)cc(C)c3)c3c(c(-c4cc(C)cc(C)c4)c21)CCC3)=[Si](C)C.[Cl-].[Cl-]. The van der Waals surface area contributed by atoms with E-state index >= 15 is 0 Å². The Balaban J connectivity index is 0.00000311. The zero-order valence-corrected chi connectivity index (χ0v) is 44.4. The van der Waals surface area contributed by atoms with Gasteiger partial charge >= 0.3 is 367 Å². The van der Waals surface area contributed by atoms with Crippen LogP contribution in [0.3, 0.4) is 0 Å². The Morgan fingerprint density at radius 2 is 1.07 bits per heavy atom. The fraction of sp³-hybridized carbons (Fsp3) is 0.393. The van der Waals surface area contributed by atoms with Crippen LogP contribution < -0.4 is 29.6 Å². The number of methoxy groups -OCH3 is 1. The number of aryl methyl sites for hydroxylation is 6. The Hall–Kier alpha value is -2.94. The van der Waals surface area contributed by atoms with Crippen molar-refractivity contribution in [3.05, 3.63) is 144 Å². The van der Waals surface area contributed by atoms with E-state index in [1.807, 2.05) is 7.11 Å². The van der Waals surface area contributed by atoms with Crippen LogP contribution in [0, 0.1) is 47.5 Å². The first-order chi connectivity index (χ1) is 27.9. The van der Waals surface area contributed by atoms with E-state index in [0.29, 0.717) is 13.2 Å². The van der Waals surface area contributed by atoms with Gasteiger partial charge in [-0.25, -0.2) is 0 Å². The predicted molar refractivity (Wildman–Crippen MR) is 254 cm³/mol. The standard InChI is InChI=1S/C31H33.C23H27O.C2H6Si.2ClH.Zr/c1-18(2)23-16-28-29(17-23)31(25-14-21(5)11-22(6)15-25)27-9-7-8-26(27)30(28)24-12-19(3)10-20(4)13-24;1-14-8-15(2)11-18(10-14)21-19-12-16(3)9-17(19)13-20(22(21)24-7)23(4,5)6;1-3-2;;;/h10-18H,7-9H2,1-6H3;8-13H,1-7H3;1-2H3;2*1H;/q;;;;;+2/p-2. The topological polar surface area (TPSA) is 9.23 Å². The fourth-order valence-corrected chi connectivity index (χ4v) is 32.3. The Morgan fingerprint density at radius 1 is 0.607 bits per heavy atom. The zero-order chi connectivity index (χ0) is 42.4. The zero-order valence-electron chi connectivity index (χ0n) is 39.4. The summed E-state index contributed by atoms with van der Waals surface area (Å²) in [6, 6.07) is 24.4. The molecule has 5 heteroatoms. The molecule has 0 radical (unpaired) electrons. The molecule has 5 aromatic carbocycles. The molecule has 0 saturated heterocycles. The minimum atomic E-state index is -2.60. The number of hydrogen-bond donors (Lipinski definition) is 0. The van der Waals surface area contributed by atoms with Crippen LogP contribution in [0.15, 0.2) is 71.8 Å². The number of allylic oxidation sites excluding steroid dienone is 2. The van der Waals surface area contributed by atoms with Crippen LogP contribution in [0.1, 0.15) is 128 Å². The van der Waals surface area contributed by atoms with Gasteiger partial charge in [0.25, 0.3) is 0 Å². The average molecular weight is 945 g/mol. The smallest absolute Gasteiger partial charge is 1.00 e. The van der Waals surface area contributed by atoms with Crippen molar-refractivity contribution in [3.8, 4) is 39.1 Å². The molecule has 2 atom stereocenters. The Bertz CT molecular complexity index is 2620. The van der Waals surface area contributed by atoms with Crippen LogP contribution >= 0.6 is 0 Å². The first-order valence-corrected chi connectivity index (χ1v) is 31.2. The molecule has 0 amide bonds. The summed E-state index contributed by atoms with van der Waals surface area (Å²) < 4.78 is 7.52. The Labute approximate surface area is 388 Å². The number of fused-ring (bicyclic) bond motifs is 3. The minimum Gasteiger partial charge on any atom is -1.00 e. The van der Waals surface area contributed by atoms with Gasteiger partial charge in [0.2, 0.25) is 0 Å². The third kappa shape index (κ3) is 8.45. The molecule has 0 fully saturated rings. The van der Waals surface area contributed by atoms with E-state index in [4.69, 9.17) is 4.74 Å². The van der Waals surface area contributed by atoms with Gasteiger partial charge in [-0.05, 0) is 0 Å². The van der Waals surface area contributed by atoms with E-state index in [9.17, 15) is 0 Å². The van der Waals surface area contributed by atoms with Gasteiger partial charge in [-0.3, -0.25) is 0 Å². The van der Waals surface area contributed by atoms with Gasteiger partial charge in [-0.15, -0.1) is 0 Å². The summed E-state index contributed by atoms with van der Waals surface area (Å²) in [6.07, 6.45) is 8.93. The van der Waals surface area contributed by atoms with Crippen molar-refractivity contribution in [3.63, 3.8) is 0 Å². The van der Waals surface area contributed by atoms with Crippen LogP contribution in [0.4, 0.5) is 0 Å². The second kappa shape index (κ2) is 17.9. The van der Waals surface area contributed by atoms with E-state index in [0.717, 1.165) is 12.2 Å². The van der Waals surface area contributed by atoms with Gasteiger partial charge in [0.05, 0.1) is 0 Å². The molecule has 0 heterocycles. The van der Waals surface area contributed by atoms with Crippen LogP contribution in [-0.4, -0.2) is 12.5 Å². The molecule has 0 aliphatic heterocycles. The normalized spacial score (nSPS) is 16.2. The molecule has 3 aliphatic rings. The van der Waals surface area contributed by atoms with Crippen LogP contribution in [-0.2, 0) is 38.6 Å². The van der Waals surface area contributed by atoms with Crippen LogP contribution in [0.25, 0.3) is 45.5 Å². The van der Waals surface area contributed by atoms with Gasteiger partial charge in [-0.2, -0.15) is 0 Å². The monoisotopic (exact) mass is 942 g/mol. The predicted octanol–water partition coefficient (Wildman–Crippen LogP) is 9.46. The number of benzene rings is 5. The quantitative estimate of drug-likeness (QED) is 0.148. The first-order valence-electron chi connectivity index (χ1n) is 22.2. The second-order valence-electron chi connectivity index (χ2n) is 20.1. The number of hydrogen-bond acceptors (Lipinski definition) is 1. The molecule has 0 N–H and O–H groups in total. The minimum absolute atomic E-state index is 0. The van der Waals surface area contributed by atoms with Crippen molar-refractivity contribution < 1.29 is 49.9 Å². The fourth-order valence-electron chi connectivity index (χ4n) is 11.5. The van der Waals surface area contributed by atoms with Crippen molar-refractivity contribution in [1.29, 1.82) is 0 Å². The molecule has 61 heavy (non-hydrogen) atoms. The van der Waals surface area contributed by atoms with E-state index < -0.39 is 25.8 Å². The average Bonchev–Trinajstić information content (AvgIpc) is 3.84. The maximum Gasteiger partial charge on any atom is -1.00 e. The van der Waals surface area contributed by atoms with Gasteiger partial charge < -0.3 is 24.8 Å². The van der Waals surface area contributed by atoms with Crippen molar-refractivity contribution in [2.24, 2.45) is 5.92 Å². The summed E-state index contributed by atoms with van der Waals surface area (Å²) >= 11 is -2.60. The van der Waals surface area contributed by atoms with Crippen molar-refractivity contribution in [1.82, 2.24) is 0 Å². The molecule has 2 unspecified atom stereocenters. The third-order valence-electron chi connectivity index (χ3n) is 13.5. The van der Waals surface area contributed by atoms with Crippen LogP contribution in [0.5, 0.6) is 5.75 Å². The maximum atomic E-state index is 6.52. The molecule has 0 saturated carbocycles. The first kappa shape index (κ1) is 47.5. The summed E-state index contributed by atoms with van der Waals surface area (Å²) in [7, 11) is 1.89. The molecule has 0 aromatic heterocycles. The molecule has 318 valence electrons. The largest absolute Gasteiger partial charge is 1.00 e. The van der Waals surface area contributed by atoms with Crippen LogP contribution in [0.2, 0.25) is 13.1 Å². The molecule has 8 rings (SSSR count). The number of halogens is 2. The molecule has 0 spiro atoms. The Kier molecular flexibility index (Phi) is 14.0. The third-order valence-corrected chi connectivity index (χ3v) is 33.0. The summed E-state index contributed by atoms with van der Waals surface area (Å²) in [5.41, 5.74) is 30.0. The molecule has 0 bridgehead atoms. The van der Waals surface area contributed by atoms with Crippen molar-refractivity contribution in [2.45, 2.75) is 128 Å². The molecule has 1 nitrogen and oxygen atoms in total. The van der Waals surface area contributed by atoms with Gasteiger partial charge in [0.15, 0.2) is 0 Å².